The summed E-state index contributed by atoms with van der Waals surface area (Å²) in [6.45, 7) is 2.52. The summed E-state index contributed by atoms with van der Waals surface area (Å²) < 4.78 is 0. The highest BCUT2D eigenvalue weighted by molar-refractivity contribution is 5.98. The molecule has 0 saturated carbocycles. The molecular formula is C11H17N3O2. The van der Waals surface area contributed by atoms with Crippen LogP contribution < -0.4 is 11.1 Å². The van der Waals surface area contributed by atoms with Crippen LogP contribution in [0.2, 0.25) is 0 Å². The average Bonchev–Trinajstić information content (AvgIpc) is 2.35. The number of hydrogen-bond donors (Lipinski definition) is 4. The van der Waals surface area contributed by atoms with E-state index in [1.165, 1.54) is 0 Å². The molecule has 0 fully saturated rings. The Morgan fingerprint density at radius 3 is 2.81 bits per heavy atom. The van der Waals surface area contributed by atoms with E-state index >= 15 is 0 Å². The number of nitrogens with two attached hydrogens (primary N) is 1. The minimum atomic E-state index is 0.0142. The Morgan fingerprint density at radius 2 is 2.19 bits per heavy atom. The van der Waals surface area contributed by atoms with Crippen LogP contribution >= 0.6 is 0 Å². The van der Waals surface area contributed by atoms with Gasteiger partial charge in [0, 0.05) is 18.2 Å². The summed E-state index contributed by atoms with van der Waals surface area (Å²) in [5.41, 5.74) is 7.18. The van der Waals surface area contributed by atoms with Gasteiger partial charge in [-0.15, -0.1) is 0 Å². The number of aliphatic hydroxyl groups is 1. The fourth-order valence-electron chi connectivity index (χ4n) is 1.33. The normalized spacial score (nSPS) is 13.8. The lowest BCUT2D eigenvalue weighted by Gasteiger charge is -2.13. The summed E-state index contributed by atoms with van der Waals surface area (Å²) in [5.74, 6) is 0.0917. The molecule has 16 heavy (non-hydrogen) atoms. The number of amidine groups is 1. The van der Waals surface area contributed by atoms with Crippen LogP contribution in [0.5, 0.6) is 0 Å². The maximum Gasteiger partial charge on any atom is 0.170 e. The van der Waals surface area contributed by atoms with E-state index in [0.717, 1.165) is 5.56 Å². The van der Waals surface area contributed by atoms with Crippen molar-refractivity contribution in [2.24, 2.45) is 10.9 Å². The third-order valence-electron chi connectivity index (χ3n) is 2.32. The van der Waals surface area contributed by atoms with Crippen molar-refractivity contribution in [3.63, 3.8) is 0 Å². The molecule has 0 bridgehead atoms. The Labute approximate surface area is 94.6 Å². The van der Waals surface area contributed by atoms with E-state index in [9.17, 15) is 0 Å². The molecule has 0 saturated heterocycles. The fourth-order valence-corrected chi connectivity index (χ4v) is 1.33. The number of rotatable bonds is 5. The van der Waals surface area contributed by atoms with E-state index in [1.54, 1.807) is 6.07 Å². The van der Waals surface area contributed by atoms with E-state index < -0.39 is 0 Å². The summed E-state index contributed by atoms with van der Waals surface area (Å²) in [6.07, 6.45) is 0. The number of hydrogen-bond acceptors (Lipinski definition) is 4. The number of nitrogens with zero attached hydrogens (tertiary/aromatic N) is 1. The first-order valence-corrected chi connectivity index (χ1v) is 5.09. The van der Waals surface area contributed by atoms with Crippen LogP contribution in [0, 0.1) is 0 Å². The van der Waals surface area contributed by atoms with Gasteiger partial charge in [-0.2, -0.15) is 0 Å². The first kappa shape index (κ1) is 12.5. The molecule has 1 aromatic rings. The molecule has 1 rings (SSSR count). The molecule has 0 radical (unpaired) electrons. The van der Waals surface area contributed by atoms with Crippen LogP contribution in [-0.4, -0.2) is 28.8 Å². The van der Waals surface area contributed by atoms with E-state index in [1.807, 2.05) is 25.1 Å². The maximum atomic E-state index is 8.89. The van der Waals surface area contributed by atoms with Crippen LogP contribution in [0.1, 0.15) is 18.1 Å². The predicted octanol–water partition coefficient (Wildman–Crippen LogP) is 0.252. The summed E-state index contributed by atoms with van der Waals surface area (Å²) >= 11 is 0. The van der Waals surface area contributed by atoms with Crippen molar-refractivity contribution in [1.29, 1.82) is 0 Å². The van der Waals surface area contributed by atoms with E-state index in [-0.39, 0.29) is 18.5 Å². The molecule has 0 aliphatic rings. The molecule has 5 heteroatoms. The lowest BCUT2D eigenvalue weighted by molar-refractivity contribution is 0.251. The fraction of sp³-hybridized carbons (Fsp3) is 0.364. The van der Waals surface area contributed by atoms with Gasteiger partial charge >= 0.3 is 0 Å². The quantitative estimate of drug-likeness (QED) is 0.249. The summed E-state index contributed by atoms with van der Waals surface area (Å²) in [7, 11) is 0. The Morgan fingerprint density at radius 1 is 1.50 bits per heavy atom. The minimum Gasteiger partial charge on any atom is -0.409 e. The lowest BCUT2D eigenvalue weighted by atomic mass is 10.1. The average molecular weight is 223 g/mol. The first-order valence-electron chi connectivity index (χ1n) is 5.09. The van der Waals surface area contributed by atoms with Crippen LogP contribution in [0.3, 0.4) is 0 Å². The van der Waals surface area contributed by atoms with Gasteiger partial charge in [-0.25, -0.2) is 0 Å². The van der Waals surface area contributed by atoms with Crippen molar-refractivity contribution >= 4 is 5.84 Å². The Kier molecular flexibility index (Phi) is 4.75. The second-order valence-corrected chi connectivity index (χ2v) is 3.61. The van der Waals surface area contributed by atoms with E-state index in [2.05, 4.69) is 10.5 Å². The molecular weight excluding hydrogens is 206 g/mol. The zero-order valence-corrected chi connectivity index (χ0v) is 9.22. The second-order valence-electron chi connectivity index (χ2n) is 3.61. The predicted molar refractivity (Wildman–Crippen MR) is 62.3 cm³/mol. The molecule has 0 aliphatic carbocycles. The Hall–Kier alpha value is -1.59. The highest BCUT2D eigenvalue weighted by Gasteiger charge is 2.07. The molecule has 1 aromatic carbocycles. The van der Waals surface area contributed by atoms with Crippen molar-refractivity contribution in [2.45, 2.75) is 19.5 Å². The number of oxime groups is 1. The molecule has 0 spiro atoms. The molecule has 1 unspecified atom stereocenters. The van der Waals surface area contributed by atoms with Crippen LogP contribution in [0.25, 0.3) is 0 Å². The highest BCUT2D eigenvalue weighted by Crippen LogP contribution is 2.08. The van der Waals surface area contributed by atoms with Crippen molar-refractivity contribution < 1.29 is 10.3 Å². The van der Waals surface area contributed by atoms with Crippen LogP contribution in [0.4, 0.5) is 0 Å². The highest BCUT2D eigenvalue weighted by atomic mass is 16.4. The monoisotopic (exact) mass is 223 g/mol. The van der Waals surface area contributed by atoms with Gasteiger partial charge in [0.25, 0.3) is 0 Å². The van der Waals surface area contributed by atoms with E-state index in [0.29, 0.717) is 12.1 Å². The van der Waals surface area contributed by atoms with Crippen molar-refractivity contribution in [3.05, 3.63) is 35.4 Å². The third kappa shape index (κ3) is 3.22. The minimum absolute atomic E-state index is 0.0142. The van der Waals surface area contributed by atoms with Gasteiger partial charge in [0.2, 0.25) is 0 Å². The molecule has 0 amide bonds. The second kappa shape index (κ2) is 6.09. The lowest BCUT2D eigenvalue weighted by Crippen LogP contribution is -2.29. The zero-order valence-electron chi connectivity index (χ0n) is 9.22. The standard InChI is InChI=1S/C11H17N3O2/c1-8(7-15)13-6-9-4-2-3-5-10(9)11(12)14-16/h2-5,8,13,15-16H,6-7H2,1H3,(H2,12,14). The maximum absolute atomic E-state index is 8.89. The van der Waals surface area contributed by atoms with Crippen molar-refractivity contribution in [3.8, 4) is 0 Å². The van der Waals surface area contributed by atoms with Gasteiger partial charge in [0.1, 0.15) is 0 Å². The van der Waals surface area contributed by atoms with E-state index in [4.69, 9.17) is 16.0 Å². The molecule has 1 atom stereocenters. The van der Waals surface area contributed by atoms with Crippen molar-refractivity contribution in [2.75, 3.05) is 6.61 Å². The number of benzene rings is 1. The largest absolute Gasteiger partial charge is 0.409 e. The molecule has 5 N–H and O–H groups in total. The summed E-state index contributed by atoms with van der Waals surface area (Å²) in [6, 6.07) is 7.40. The van der Waals surface area contributed by atoms with Gasteiger partial charge in [-0.1, -0.05) is 29.4 Å². The summed E-state index contributed by atoms with van der Waals surface area (Å²) in [5, 5.41) is 23.6. The SMILES string of the molecule is CC(CO)NCc1ccccc1C(N)=NO. The molecule has 0 heterocycles. The number of aliphatic hydroxyl groups excluding tert-OH is 1. The Balaban J connectivity index is 2.79. The van der Waals surface area contributed by atoms with Crippen molar-refractivity contribution in [1.82, 2.24) is 5.32 Å². The smallest absolute Gasteiger partial charge is 0.170 e. The zero-order chi connectivity index (χ0) is 12.0. The topological polar surface area (TPSA) is 90.9 Å². The Bertz CT molecular complexity index is 366. The molecule has 88 valence electrons. The van der Waals surface area contributed by atoms with Gasteiger partial charge in [0.15, 0.2) is 5.84 Å². The molecule has 5 nitrogen and oxygen atoms in total. The first-order chi connectivity index (χ1) is 7.69. The van der Waals surface area contributed by atoms with Crippen LogP contribution in [0.15, 0.2) is 29.4 Å². The van der Waals surface area contributed by atoms with Crippen LogP contribution in [-0.2, 0) is 6.54 Å². The van der Waals surface area contributed by atoms with Gasteiger partial charge in [0.05, 0.1) is 6.61 Å². The van der Waals surface area contributed by atoms with Gasteiger partial charge in [-0.05, 0) is 12.5 Å². The molecule has 0 aliphatic heterocycles. The van der Waals surface area contributed by atoms with Gasteiger partial charge in [-0.3, -0.25) is 0 Å². The summed E-state index contributed by atoms with van der Waals surface area (Å²) in [4.78, 5) is 0. The third-order valence-corrected chi connectivity index (χ3v) is 2.32. The number of nitrogens with one attached hydrogen (secondary N) is 1. The van der Waals surface area contributed by atoms with Gasteiger partial charge < -0.3 is 21.4 Å². The molecule has 0 aromatic heterocycles.